The second-order valence-electron chi connectivity index (χ2n) is 3.30. The van der Waals surface area contributed by atoms with Gasteiger partial charge in [0.25, 0.3) is 0 Å². The summed E-state index contributed by atoms with van der Waals surface area (Å²) in [6.07, 6.45) is 0.466. The molecule has 0 bridgehead atoms. The van der Waals surface area contributed by atoms with Crippen LogP contribution in [-0.2, 0) is 0 Å². The van der Waals surface area contributed by atoms with Crippen molar-refractivity contribution in [2.24, 2.45) is 0 Å². The number of anilines is 1. The Morgan fingerprint density at radius 3 is 2.50 bits per heavy atom. The Bertz CT molecular complexity index is 326. The number of halogens is 1. The van der Waals surface area contributed by atoms with E-state index >= 15 is 0 Å². The van der Waals surface area contributed by atoms with Gasteiger partial charge in [-0.2, -0.15) is 5.26 Å². The van der Waals surface area contributed by atoms with Crippen molar-refractivity contribution in [2.45, 2.75) is 19.4 Å². The second kappa shape index (κ2) is 4.61. The van der Waals surface area contributed by atoms with E-state index in [9.17, 15) is 4.39 Å². The predicted molar refractivity (Wildman–Crippen MR) is 54.5 cm³/mol. The van der Waals surface area contributed by atoms with Gasteiger partial charge in [-0.25, -0.2) is 4.39 Å². The van der Waals surface area contributed by atoms with E-state index in [1.54, 1.807) is 12.1 Å². The van der Waals surface area contributed by atoms with E-state index in [0.29, 0.717) is 6.42 Å². The zero-order chi connectivity index (χ0) is 10.6. The van der Waals surface area contributed by atoms with E-state index in [4.69, 9.17) is 5.26 Å². The van der Waals surface area contributed by atoms with Gasteiger partial charge in [0.1, 0.15) is 5.82 Å². The number of rotatable bonds is 3. The molecule has 1 atom stereocenters. The number of hydrogen-bond donors (Lipinski definition) is 0. The molecule has 74 valence electrons. The van der Waals surface area contributed by atoms with E-state index in [-0.39, 0.29) is 11.9 Å². The molecule has 1 unspecified atom stereocenters. The van der Waals surface area contributed by atoms with Gasteiger partial charge < -0.3 is 4.90 Å². The minimum atomic E-state index is -0.241. The van der Waals surface area contributed by atoms with Crippen LogP contribution in [0.2, 0.25) is 0 Å². The molecule has 0 saturated carbocycles. The highest BCUT2D eigenvalue weighted by molar-refractivity contribution is 5.46. The fourth-order valence-corrected chi connectivity index (χ4v) is 1.20. The van der Waals surface area contributed by atoms with Gasteiger partial charge in [-0.15, -0.1) is 0 Å². The minimum absolute atomic E-state index is 0.144. The Labute approximate surface area is 83.6 Å². The molecule has 0 aromatic heterocycles. The highest BCUT2D eigenvalue weighted by Gasteiger charge is 2.08. The van der Waals surface area contributed by atoms with Crippen molar-refractivity contribution >= 4 is 5.69 Å². The molecule has 0 amide bonds. The van der Waals surface area contributed by atoms with E-state index in [1.165, 1.54) is 12.1 Å². The number of benzene rings is 1. The van der Waals surface area contributed by atoms with E-state index in [2.05, 4.69) is 6.07 Å². The molecule has 0 N–H and O–H groups in total. The van der Waals surface area contributed by atoms with Gasteiger partial charge in [-0.3, -0.25) is 0 Å². The fraction of sp³-hybridized carbons (Fsp3) is 0.364. The average molecular weight is 192 g/mol. The molecule has 2 nitrogen and oxygen atoms in total. The van der Waals surface area contributed by atoms with Gasteiger partial charge >= 0.3 is 0 Å². The second-order valence-corrected chi connectivity index (χ2v) is 3.30. The van der Waals surface area contributed by atoms with Gasteiger partial charge in [0.15, 0.2) is 0 Å². The molecule has 0 aliphatic heterocycles. The summed E-state index contributed by atoms with van der Waals surface area (Å²) in [5.74, 6) is -0.241. The molecule has 0 heterocycles. The lowest BCUT2D eigenvalue weighted by Gasteiger charge is -2.24. The molecule has 14 heavy (non-hydrogen) atoms. The number of nitriles is 1. The molecule has 1 aromatic carbocycles. The maximum atomic E-state index is 12.6. The Hall–Kier alpha value is -1.56. The largest absolute Gasteiger partial charge is 0.371 e. The summed E-state index contributed by atoms with van der Waals surface area (Å²) in [4.78, 5) is 1.96. The first kappa shape index (κ1) is 10.5. The van der Waals surface area contributed by atoms with E-state index in [1.807, 2.05) is 18.9 Å². The smallest absolute Gasteiger partial charge is 0.123 e. The first-order chi connectivity index (χ1) is 6.65. The lowest BCUT2D eigenvalue weighted by molar-refractivity contribution is 0.626. The normalized spacial score (nSPS) is 11.9. The van der Waals surface area contributed by atoms with E-state index in [0.717, 1.165) is 5.69 Å². The van der Waals surface area contributed by atoms with Crippen molar-refractivity contribution in [3.8, 4) is 6.07 Å². The van der Waals surface area contributed by atoms with Crippen molar-refractivity contribution in [3.63, 3.8) is 0 Å². The van der Waals surface area contributed by atoms with Crippen LogP contribution >= 0.6 is 0 Å². The van der Waals surface area contributed by atoms with Crippen molar-refractivity contribution in [2.75, 3.05) is 11.9 Å². The third-order valence-corrected chi connectivity index (χ3v) is 2.28. The summed E-state index contributed by atoms with van der Waals surface area (Å²) in [7, 11) is 1.90. The SMILES string of the molecule is CC(CC#N)N(C)c1ccc(F)cc1. The van der Waals surface area contributed by atoms with Gasteiger partial charge in [-0.05, 0) is 31.2 Å². The van der Waals surface area contributed by atoms with Crippen molar-refractivity contribution in [1.82, 2.24) is 0 Å². The number of hydrogen-bond acceptors (Lipinski definition) is 2. The molecule has 0 radical (unpaired) electrons. The lowest BCUT2D eigenvalue weighted by Crippen LogP contribution is -2.28. The first-order valence-corrected chi connectivity index (χ1v) is 4.50. The van der Waals surface area contributed by atoms with Crippen molar-refractivity contribution in [3.05, 3.63) is 30.1 Å². The molecular formula is C11H13FN2. The van der Waals surface area contributed by atoms with E-state index < -0.39 is 0 Å². The zero-order valence-electron chi connectivity index (χ0n) is 8.37. The molecule has 1 aromatic rings. The summed E-state index contributed by atoms with van der Waals surface area (Å²) in [6.45, 7) is 1.96. The summed E-state index contributed by atoms with van der Waals surface area (Å²) < 4.78 is 12.6. The van der Waals surface area contributed by atoms with Crippen LogP contribution in [0, 0.1) is 17.1 Å². The molecule has 1 rings (SSSR count). The molecule has 0 fully saturated rings. The van der Waals surface area contributed by atoms with Crippen LogP contribution in [0.25, 0.3) is 0 Å². The van der Waals surface area contributed by atoms with Gasteiger partial charge in [0, 0.05) is 18.8 Å². The van der Waals surface area contributed by atoms with Gasteiger partial charge in [0.05, 0.1) is 12.5 Å². The average Bonchev–Trinajstić information content (AvgIpc) is 2.18. The van der Waals surface area contributed by atoms with Crippen LogP contribution in [0.15, 0.2) is 24.3 Å². The lowest BCUT2D eigenvalue weighted by atomic mass is 10.2. The summed E-state index contributed by atoms with van der Waals surface area (Å²) in [5, 5.41) is 8.54. The highest BCUT2D eigenvalue weighted by Crippen LogP contribution is 2.16. The van der Waals surface area contributed by atoms with Crippen LogP contribution in [0.5, 0.6) is 0 Å². The molecule has 0 aliphatic carbocycles. The van der Waals surface area contributed by atoms with Crippen molar-refractivity contribution < 1.29 is 4.39 Å². The van der Waals surface area contributed by atoms with Gasteiger partial charge in [-0.1, -0.05) is 0 Å². The predicted octanol–water partition coefficient (Wildman–Crippen LogP) is 2.56. The summed E-state index contributed by atoms with van der Waals surface area (Å²) >= 11 is 0. The number of nitrogens with zero attached hydrogens (tertiary/aromatic N) is 2. The van der Waals surface area contributed by atoms with Crippen LogP contribution in [0.1, 0.15) is 13.3 Å². The van der Waals surface area contributed by atoms with Crippen LogP contribution in [-0.4, -0.2) is 13.1 Å². The highest BCUT2D eigenvalue weighted by atomic mass is 19.1. The Morgan fingerprint density at radius 2 is 2.00 bits per heavy atom. The first-order valence-electron chi connectivity index (χ1n) is 4.50. The third-order valence-electron chi connectivity index (χ3n) is 2.28. The zero-order valence-corrected chi connectivity index (χ0v) is 8.37. The van der Waals surface area contributed by atoms with Gasteiger partial charge in [0.2, 0.25) is 0 Å². The topological polar surface area (TPSA) is 27.0 Å². The molecule has 0 saturated heterocycles. The maximum absolute atomic E-state index is 12.6. The molecule has 3 heteroatoms. The van der Waals surface area contributed by atoms with Crippen LogP contribution in [0.3, 0.4) is 0 Å². The Morgan fingerprint density at radius 1 is 1.43 bits per heavy atom. The molecule has 0 spiro atoms. The maximum Gasteiger partial charge on any atom is 0.123 e. The Kier molecular flexibility index (Phi) is 3.47. The third kappa shape index (κ3) is 2.46. The summed E-state index contributed by atoms with van der Waals surface area (Å²) in [6, 6.07) is 8.52. The monoisotopic (exact) mass is 192 g/mol. The van der Waals surface area contributed by atoms with Crippen LogP contribution < -0.4 is 4.90 Å². The summed E-state index contributed by atoms with van der Waals surface area (Å²) in [5.41, 5.74) is 0.925. The molecule has 0 aliphatic rings. The molecular weight excluding hydrogens is 179 g/mol. The standard InChI is InChI=1S/C11H13FN2/c1-9(7-8-13)14(2)11-5-3-10(12)4-6-11/h3-6,9H,7H2,1-2H3. The quantitative estimate of drug-likeness (QED) is 0.736. The Balaban J connectivity index is 2.74. The van der Waals surface area contributed by atoms with Crippen LogP contribution in [0.4, 0.5) is 10.1 Å². The van der Waals surface area contributed by atoms with Crippen molar-refractivity contribution in [1.29, 1.82) is 5.26 Å². The minimum Gasteiger partial charge on any atom is -0.371 e. The fourth-order valence-electron chi connectivity index (χ4n) is 1.20.